The van der Waals surface area contributed by atoms with Crippen LogP contribution in [0.3, 0.4) is 0 Å². The Morgan fingerprint density at radius 1 is 1.07 bits per heavy atom. The zero-order valence-corrected chi connectivity index (χ0v) is 16.0. The van der Waals surface area contributed by atoms with E-state index < -0.39 is 5.92 Å². The van der Waals surface area contributed by atoms with Gasteiger partial charge in [-0.25, -0.2) is 18.7 Å². The molecule has 2 aromatic rings. The van der Waals surface area contributed by atoms with Crippen LogP contribution in [-0.2, 0) is 0 Å². The van der Waals surface area contributed by atoms with Crippen LogP contribution in [0.1, 0.15) is 44.9 Å². The van der Waals surface area contributed by atoms with Crippen molar-refractivity contribution in [2.24, 2.45) is 5.92 Å². The maximum atomic E-state index is 13.3. The van der Waals surface area contributed by atoms with E-state index in [9.17, 15) is 8.78 Å². The Bertz CT molecular complexity index is 791. The minimum Gasteiger partial charge on any atom is -0.367 e. The van der Waals surface area contributed by atoms with Crippen LogP contribution in [0.15, 0.2) is 24.5 Å². The van der Waals surface area contributed by atoms with Crippen molar-refractivity contribution in [1.29, 1.82) is 0 Å². The van der Waals surface area contributed by atoms with Crippen molar-refractivity contribution in [1.82, 2.24) is 15.3 Å². The minimum absolute atomic E-state index is 0.0392. The monoisotopic (exact) mass is 394 g/mol. The van der Waals surface area contributed by atoms with Crippen molar-refractivity contribution in [3.05, 3.63) is 29.5 Å². The van der Waals surface area contributed by atoms with Gasteiger partial charge in [-0.15, -0.1) is 0 Å². The van der Waals surface area contributed by atoms with Gasteiger partial charge in [-0.05, 0) is 62.8 Å². The Morgan fingerprint density at radius 2 is 1.85 bits per heavy atom. The van der Waals surface area contributed by atoms with Crippen LogP contribution in [0, 0.1) is 5.92 Å². The number of benzene rings is 1. The molecule has 0 aliphatic heterocycles. The first-order valence-electron chi connectivity index (χ1n) is 9.76. The van der Waals surface area contributed by atoms with Gasteiger partial charge in [0.25, 0.3) is 0 Å². The summed E-state index contributed by atoms with van der Waals surface area (Å²) >= 11 is 6.12. The first-order chi connectivity index (χ1) is 13.0. The van der Waals surface area contributed by atoms with Crippen LogP contribution in [-0.4, -0.2) is 34.5 Å². The number of hydrogen-bond acceptors (Lipinski definition) is 4. The molecule has 2 fully saturated rings. The third-order valence-corrected chi connectivity index (χ3v) is 6.14. The lowest BCUT2D eigenvalue weighted by atomic mass is 9.86. The standard InChI is InChI=1S/C20H25ClF2N4/c21-14-1-4-18-17(9-14)19(26-12-25-18)27-16-3-2-15(10-16)24-11-13-5-7-20(22,23)8-6-13/h1,4,9,12-13,15-16,24H,2-3,5-8,10-11H2,(H,25,26,27)/t15-,16-/m0/s1. The van der Waals surface area contributed by atoms with Crippen LogP contribution < -0.4 is 10.6 Å². The van der Waals surface area contributed by atoms with Gasteiger partial charge in [0, 0.05) is 35.3 Å². The van der Waals surface area contributed by atoms with E-state index >= 15 is 0 Å². The van der Waals surface area contributed by atoms with Gasteiger partial charge in [0.15, 0.2) is 0 Å². The van der Waals surface area contributed by atoms with Gasteiger partial charge in [0.1, 0.15) is 12.1 Å². The number of halogens is 3. The third-order valence-electron chi connectivity index (χ3n) is 5.90. The third kappa shape index (κ3) is 4.66. The van der Waals surface area contributed by atoms with Gasteiger partial charge in [0.05, 0.1) is 5.52 Å². The van der Waals surface area contributed by atoms with E-state index in [0.717, 1.165) is 42.5 Å². The lowest BCUT2D eigenvalue weighted by Crippen LogP contribution is -2.35. The number of hydrogen-bond donors (Lipinski definition) is 2. The number of nitrogens with one attached hydrogen (secondary N) is 2. The van der Waals surface area contributed by atoms with E-state index in [4.69, 9.17) is 11.6 Å². The van der Waals surface area contributed by atoms with Crippen molar-refractivity contribution < 1.29 is 8.78 Å². The Kier molecular flexibility index (Phi) is 5.46. The molecule has 2 atom stereocenters. The second-order valence-electron chi connectivity index (χ2n) is 7.94. The zero-order chi connectivity index (χ0) is 18.9. The summed E-state index contributed by atoms with van der Waals surface area (Å²) in [4.78, 5) is 8.69. The molecule has 0 amide bonds. The summed E-state index contributed by atoms with van der Waals surface area (Å²) in [5.41, 5.74) is 0.874. The molecule has 2 aliphatic rings. The molecule has 27 heavy (non-hydrogen) atoms. The summed E-state index contributed by atoms with van der Waals surface area (Å²) in [7, 11) is 0. The number of nitrogens with zero attached hydrogens (tertiary/aromatic N) is 2. The highest BCUT2D eigenvalue weighted by Crippen LogP contribution is 2.36. The van der Waals surface area contributed by atoms with Gasteiger partial charge < -0.3 is 10.6 Å². The quantitative estimate of drug-likeness (QED) is 0.746. The predicted molar refractivity (Wildman–Crippen MR) is 105 cm³/mol. The van der Waals surface area contributed by atoms with Gasteiger partial charge in [-0.2, -0.15) is 0 Å². The first-order valence-corrected chi connectivity index (χ1v) is 10.1. The molecule has 0 bridgehead atoms. The highest BCUT2D eigenvalue weighted by atomic mass is 35.5. The van der Waals surface area contributed by atoms with Crippen molar-refractivity contribution >= 4 is 28.3 Å². The minimum atomic E-state index is -2.44. The molecule has 7 heteroatoms. The van der Waals surface area contributed by atoms with E-state index in [1.54, 1.807) is 6.33 Å². The van der Waals surface area contributed by atoms with Crippen molar-refractivity contribution in [2.45, 2.75) is 63.0 Å². The highest BCUT2D eigenvalue weighted by Gasteiger charge is 2.35. The van der Waals surface area contributed by atoms with Crippen molar-refractivity contribution in [2.75, 3.05) is 11.9 Å². The summed E-state index contributed by atoms with van der Waals surface area (Å²) in [5.74, 6) is -1.24. The number of aromatic nitrogens is 2. The average Bonchev–Trinajstić information content (AvgIpc) is 3.09. The van der Waals surface area contributed by atoms with Crippen LogP contribution in [0.2, 0.25) is 5.02 Å². The van der Waals surface area contributed by atoms with Crippen molar-refractivity contribution in [3.63, 3.8) is 0 Å². The number of rotatable bonds is 5. The van der Waals surface area contributed by atoms with Crippen LogP contribution in [0.5, 0.6) is 0 Å². The van der Waals surface area contributed by atoms with Crippen LogP contribution in [0.25, 0.3) is 10.9 Å². The molecule has 0 radical (unpaired) electrons. The molecule has 2 aliphatic carbocycles. The van der Waals surface area contributed by atoms with Gasteiger partial charge in [-0.1, -0.05) is 11.6 Å². The number of anilines is 1. The Labute approximate surface area is 163 Å². The molecule has 2 saturated carbocycles. The Balaban J connectivity index is 1.30. The van der Waals surface area contributed by atoms with E-state index in [1.807, 2.05) is 18.2 Å². The van der Waals surface area contributed by atoms with Crippen LogP contribution in [0.4, 0.5) is 14.6 Å². The average molecular weight is 395 g/mol. The fourth-order valence-corrected chi connectivity index (χ4v) is 4.44. The summed E-state index contributed by atoms with van der Waals surface area (Å²) in [6.07, 6.45) is 6.06. The molecule has 4 rings (SSSR count). The molecule has 1 aromatic carbocycles. The highest BCUT2D eigenvalue weighted by molar-refractivity contribution is 6.31. The molecule has 1 aromatic heterocycles. The predicted octanol–water partition coefficient (Wildman–Crippen LogP) is 5.03. The molecular formula is C20H25ClF2N4. The lowest BCUT2D eigenvalue weighted by molar-refractivity contribution is -0.0456. The molecule has 2 N–H and O–H groups in total. The molecule has 0 spiro atoms. The second-order valence-corrected chi connectivity index (χ2v) is 8.38. The molecule has 0 saturated heterocycles. The fraction of sp³-hybridized carbons (Fsp3) is 0.600. The van der Waals surface area contributed by atoms with E-state index in [0.29, 0.717) is 35.9 Å². The van der Waals surface area contributed by atoms with E-state index in [1.165, 1.54) is 0 Å². The second kappa shape index (κ2) is 7.84. The molecule has 1 heterocycles. The molecular weight excluding hydrogens is 370 g/mol. The summed E-state index contributed by atoms with van der Waals surface area (Å²) in [5, 5.41) is 8.75. The van der Waals surface area contributed by atoms with Gasteiger partial charge >= 0.3 is 0 Å². The van der Waals surface area contributed by atoms with E-state index in [-0.39, 0.29) is 12.8 Å². The van der Waals surface area contributed by atoms with Crippen molar-refractivity contribution in [3.8, 4) is 0 Å². The Hall–Kier alpha value is -1.53. The number of alkyl halides is 2. The number of fused-ring (bicyclic) bond motifs is 1. The lowest BCUT2D eigenvalue weighted by Gasteiger charge is -2.29. The maximum absolute atomic E-state index is 13.3. The topological polar surface area (TPSA) is 49.8 Å². The summed E-state index contributed by atoms with van der Waals surface area (Å²) < 4.78 is 26.5. The molecule has 0 unspecified atom stereocenters. The van der Waals surface area contributed by atoms with Gasteiger partial charge in [-0.3, -0.25) is 0 Å². The first kappa shape index (κ1) is 18.8. The van der Waals surface area contributed by atoms with Crippen LogP contribution >= 0.6 is 11.6 Å². The van der Waals surface area contributed by atoms with Gasteiger partial charge in [0.2, 0.25) is 5.92 Å². The summed E-state index contributed by atoms with van der Waals surface area (Å²) in [6.45, 7) is 0.847. The van der Waals surface area contributed by atoms with E-state index in [2.05, 4.69) is 20.6 Å². The summed E-state index contributed by atoms with van der Waals surface area (Å²) in [6, 6.07) is 6.40. The fourth-order valence-electron chi connectivity index (χ4n) is 4.27. The largest absolute Gasteiger partial charge is 0.367 e. The molecule has 146 valence electrons. The SMILES string of the molecule is FC1(F)CCC(CN[C@H]2CC[C@H](Nc3ncnc4ccc(Cl)cc34)C2)CC1. The Morgan fingerprint density at radius 3 is 2.67 bits per heavy atom. The molecule has 4 nitrogen and oxygen atoms in total. The zero-order valence-electron chi connectivity index (χ0n) is 15.2. The smallest absolute Gasteiger partial charge is 0.248 e. The maximum Gasteiger partial charge on any atom is 0.248 e. The normalized spacial score (nSPS) is 25.7.